The Morgan fingerprint density at radius 3 is 2.86 bits per heavy atom. The predicted octanol–water partition coefficient (Wildman–Crippen LogP) is 2.50. The van der Waals surface area contributed by atoms with Crippen molar-refractivity contribution in [1.29, 1.82) is 0 Å². The molecular formula is C14H17N3O2S2. The van der Waals surface area contributed by atoms with Crippen molar-refractivity contribution in [2.45, 2.75) is 36.6 Å². The highest BCUT2D eigenvalue weighted by atomic mass is 32.2. The number of anilines is 1. The van der Waals surface area contributed by atoms with Gasteiger partial charge in [-0.05, 0) is 48.9 Å². The van der Waals surface area contributed by atoms with E-state index in [9.17, 15) is 8.42 Å². The molecule has 7 heteroatoms. The summed E-state index contributed by atoms with van der Waals surface area (Å²) in [5.74, 6) is 0. The zero-order chi connectivity index (χ0) is 14.9. The fourth-order valence-corrected chi connectivity index (χ4v) is 4.12. The van der Waals surface area contributed by atoms with Gasteiger partial charge in [-0.1, -0.05) is 0 Å². The van der Waals surface area contributed by atoms with Crippen molar-refractivity contribution < 1.29 is 8.42 Å². The molecule has 0 atom stereocenters. The first kappa shape index (κ1) is 14.5. The SMILES string of the molecule is Cc1ccc(NS(=O)(=O)c2cc(CNC3CC3)cs2)cn1. The van der Waals surface area contributed by atoms with E-state index in [1.54, 1.807) is 18.2 Å². The van der Waals surface area contributed by atoms with Crippen molar-refractivity contribution in [2.24, 2.45) is 0 Å². The third-order valence-electron chi connectivity index (χ3n) is 3.23. The van der Waals surface area contributed by atoms with Gasteiger partial charge in [0, 0.05) is 18.3 Å². The Bertz CT molecular complexity index is 719. The average molecular weight is 323 g/mol. The number of hydrogen-bond acceptors (Lipinski definition) is 5. The van der Waals surface area contributed by atoms with E-state index < -0.39 is 10.0 Å². The first-order valence-electron chi connectivity index (χ1n) is 6.79. The Hall–Kier alpha value is -1.44. The lowest BCUT2D eigenvalue weighted by atomic mass is 10.3. The van der Waals surface area contributed by atoms with Crippen LogP contribution in [0.1, 0.15) is 24.1 Å². The molecule has 0 amide bonds. The molecule has 5 nitrogen and oxygen atoms in total. The summed E-state index contributed by atoms with van der Waals surface area (Å²) in [6, 6.07) is 5.83. The maximum absolute atomic E-state index is 12.3. The third-order valence-corrected chi connectivity index (χ3v) is 6.10. The van der Waals surface area contributed by atoms with Gasteiger partial charge >= 0.3 is 0 Å². The van der Waals surface area contributed by atoms with E-state index in [1.165, 1.54) is 30.4 Å². The molecule has 3 rings (SSSR count). The number of thiophene rings is 1. The zero-order valence-electron chi connectivity index (χ0n) is 11.7. The van der Waals surface area contributed by atoms with Gasteiger partial charge in [-0.25, -0.2) is 8.42 Å². The number of hydrogen-bond donors (Lipinski definition) is 2. The van der Waals surface area contributed by atoms with Gasteiger partial charge in [0.1, 0.15) is 4.21 Å². The molecular weight excluding hydrogens is 306 g/mol. The fourth-order valence-electron chi connectivity index (χ4n) is 1.87. The maximum Gasteiger partial charge on any atom is 0.271 e. The van der Waals surface area contributed by atoms with Crippen LogP contribution in [0.5, 0.6) is 0 Å². The van der Waals surface area contributed by atoms with Gasteiger partial charge in [0.25, 0.3) is 10.0 Å². The second kappa shape index (κ2) is 5.75. The second-order valence-electron chi connectivity index (χ2n) is 5.22. The molecule has 21 heavy (non-hydrogen) atoms. The zero-order valence-corrected chi connectivity index (χ0v) is 13.3. The normalized spacial score (nSPS) is 15.1. The molecule has 2 aromatic rings. The lowest BCUT2D eigenvalue weighted by Crippen LogP contribution is -2.15. The molecule has 2 heterocycles. The highest BCUT2D eigenvalue weighted by Gasteiger charge is 2.21. The van der Waals surface area contributed by atoms with Crippen LogP contribution in [0.3, 0.4) is 0 Å². The van der Waals surface area contributed by atoms with E-state index in [1.807, 2.05) is 12.3 Å². The van der Waals surface area contributed by atoms with Gasteiger partial charge < -0.3 is 5.32 Å². The molecule has 0 spiro atoms. The smallest absolute Gasteiger partial charge is 0.271 e. The van der Waals surface area contributed by atoms with Crippen LogP contribution in [0.25, 0.3) is 0 Å². The Balaban J connectivity index is 1.69. The van der Waals surface area contributed by atoms with Crippen LogP contribution in [0, 0.1) is 6.92 Å². The molecule has 0 bridgehead atoms. The average Bonchev–Trinajstić information content (AvgIpc) is 3.15. The molecule has 1 fully saturated rings. The molecule has 112 valence electrons. The van der Waals surface area contributed by atoms with Crippen molar-refractivity contribution in [1.82, 2.24) is 10.3 Å². The topological polar surface area (TPSA) is 71.1 Å². The highest BCUT2D eigenvalue weighted by Crippen LogP contribution is 2.24. The van der Waals surface area contributed by atoms with Crippen molar-refractivity contribution in [3.05, 3.63) is 41.0 Å². The van der Waals surface area contributed by atoms with Crippen molar-refractivity contribution in [2.75, 3.05) is 4.72 Å². The van der Waals surface area contributed by atoms with Crippen LogP contribution in [0.15, 0.2) is 34.0 Å². The predicted molar refractivity (Wildman–Crippen MR) is 84.0 cm³/mol. The van der Waals surface area contributed by atoms with Crippen LogP contribution in [0.4, 0.5) is 5.69 Å². The number of nitrogens with zero attached hydrogens (tertiary/aromatic N) is 1. The van der Waals surface area contributed by atoms with Crippen LogP contribution in [-0.4, -0.2) is 19.4 Å². The lowest BCUT2D eigenvalue weighted by Gasteiger charge is -2.05. The summed E-state index contributed by atoms with van der Waals surface area (Å²) in [5, 5.41) is 5.26. The third kappa shape index (κ3) is 3.81. The minimum absolute atomic E-state index is 0.329. The van der Waals surface area contributed by atoms with Gasteiger partial charge in [-0.3, -0.25) is 9.71 Å². The van der Waals surface area contributed by atoms with Gasteiger partial charge in [0.15, 0.2) is 0 Å². The Kier molecular flexibility index (Phi) is 3.97. The van der Waals surface area contributed by atoms with E-state index >= 15 is 0 Å². The summed E-state index contributed by atoms with van der Waals surface area (Å²) in [5.41, 5.74) is 2.34. The lowest BCUT2D eigenvalue weighted by molar-refractivity contribution is 0.603. The van der Waals surface area contributed by atoms with Crippen LogP contribution >= 0.6 is 11.3 Å². The number of pyridine rings is 1. The van der Waals surface area contributed by atoms with E-state index in [4.69, 9.17) is 0 Å². The van der Waals surface area contributed by atoms with Gasteiger partial charge in [-0.2, -0.15) is 0 Å². The molecule has 0 aliphatic heterocycles. The first-order chi connectivity index (χ1) is 10.0. The quantitative estimate of drug-likeness (QED) is 0.857. The second-order valence-corrected chi connectivity index (χ2v) is 8.04. The molecule has 0 radical (unpaired) electrons. The van der Waals surface area contributed by atoms with Crippen molar-refractivity contribution >= 4 is 27.0 Å². The summed E-state index contributed by atoms with van der Waals surface area (Å²) in [6.45, 7) is 2.58. The molecule has 2 aromatic heterocycles. The summed E-state index contributed by atoms with van der Waals surface area (Å²) in [7, 11) is -3.53. The molecule has 0 aromatic carbocycles. The molecule has 1 aliphatic carbocycles. The molecule has 1 saturated carbocycles. The Morgan fingerprint density at radius 2 is 2.19 bits per heavy atom. The van der Waals surface area contributed by atoms with Gasteiger partial charge in [0.2, 0.25) is 0 Å². The molecule has 0 unspecified atom stereocenters. The number of rotatable bonds is 6. The van der Waals surface area contributed by atoms with Gasteiger partial charge in [-0.15, -0.1) is 11.3 Å². The summed E-state index contributed by atoms with van der Waals surface area (Å²) < 4.78 is 27.5. The Morgan fingerprint density at radius 1 is 1.38 bits per heavy atom. The maximum atomic E-state index is 12.3. The minimum atomic E-state index is -3.53. The molecule has 2 N–H and O–H groups in total. The summed E-state index contributed by atoms with van der Waals surface area (Å²) in [6.07, 6.45) is 3.96. The standard InChI is InChI=1S/C14H17N3O2S2/c1-10-2-3-13(8-15-10)17-21(18,19)14-6-11(9-20-14)7-16-12-4-5-12/h2-3,6,8-9,12,16-17H,4-5,7H2,1H3. The summed E-state index contributed by atoms with van der Waals surface area (Å²) in [4.78, 5) is 4.08. The van der Waals surface area contributed by atoms with Crippen LogP contribution in [0.2, 0.25) is 0 Å². The van der Waals surface area contributed by atoms with Crippen LogP contribution in [-0.2, 0) is 16.6 Å². The molecule has 0 saturated heterocycles. The monoisotopic (exact) mass is 323 g/mol. The van der Waals surface area contributed by atoms with E-state index in [-0.39, 0.29) is 0 Å². The molecule has 1 aliphatic rings. The minimum Gasteiger partial charge on any atom is -0.310 e. The van der Waals surface area contributed by atoms with E-state index in [0.717, 1.165) is 17.8 Å². The van der Waals surface area contributed by atoms with E-state index in [2.05, 4.69) is 15.0 Å². The number of aromatic nitrogens is 1. The highest BCUT2D eigenvalue weighted by molar-refractivity contribution is 7.94. The number of nitrogens with one attached hydrogen (secondary N) is 2. The van der Waals surface area contributed by atoms with Crippen molar-refractivity contribution in [3.8, 4) is 0 Å². The van der Waals surface area contributed by atoms with Gasteiger partial charge in [0.05, 0.1) is 11.9 Å². The first-order valence-corrected chi connectivity index (χ1v) is 9.15. The number of aryl methyl sites for hydroxylation is 1. The largest absolute Gasteiger partial charge is 0.310 e. The van der Waals surface area contributed by atoms with E-state index in [0.29, 0.717) is 15.9 Å². The number of sulfonamides is 1. The van der Waals surface area contributed by atoms with Crippen LogP contribution < -0.4 is 10.0 Å². The fraction of sp³-hybridized carbons (Fsp3) is 0.357. The summed E-state index contributed by atoms with van der Waals surface area (Å²) >= 11 is 1.24. The van der Waals surface area contributed by atoms with Crippen molar-refractivity contribution in [3.63, 3.8) is 0 Å². The Labute approximate surface area is 128 Å².